The highest BCUT2D eigenvalue weighted by Crippen LogP contribution is 2.31. The maximum Gasteiger partial charge on any atom is 0.213 e. The Morgan fingerprint density at radius 3 is 2.79 bits per heavy atom. The van der Waals surface area contributed by atoms with Gasteiger partial charge in [0.1, 0.15) is 5.84 Å². The van der Waals surface area contributed by atoms with Gasteiger partial charge in [-0.1, -0.05) is 0 Å². The van der Waals surface area contributed by atoms with E-state index in [2.05, 4.69) is 28.5 Å². The first-order valence-corrected chi connectivity index (χ1v) is 8.21. The highest BCUT2D eigenvalue weighted by atomic mass is 32.2. The lowest BCUT2D eigenvalue weighted by atomic mass is 10.0. The van der Waals surface area contributed by atoms with Crippen LogP contribution in [0.2, 0.25) is 0 Å². The van der Waals surface area contributed by atoms with Crippen LogP contribution >= 0.6 is 0 Å². The van der Waals surface area contributed by atoms with Gasteiger partial charge in [0.2, 0.25) is 10.0 Å². The van der Waals surface area contributed by atoms with Crippen LogP contribution in [-0.2, 0) is 10.0 Å². The molecule has 0 aromatic heterocycles. The Morgan fingerprint density at radius 2 is 2.16 bits per heavy atom. The Kier molecular flexibility index (Phi) is 3.98. The first-order valence-electron chi connectivity index (χ1n) is 6.55. The van der Waals surface area contributed by atoms with Crippen LogP contribution in [0.25, 0.3) is 0 Å². The molecule has 2 atom stereocenters. The third-order valence-corrected chi connectivity index (χ3v) is 5.22. The van der Waals surface area contributed by atoms with Gasteiger partial charge in [-0.15, -0.1) is 0 Å². The van der Waals surface area contributed by atoms with Gasteiger partial charge in [0.15, 0.2) is 0 Å². The minimum atomic E-state index is -3.27. The van der Waals surface area contributed by atoms with E-state index >= 15 is 0 Å². The molecule has 2 unspecified atom stereocenters. The molecule has 0 saturated carbocycles. The zero-order chi connectivity index (χ0) is 14.2. The van der Waals surface area contributed by atoms with Gasteiger partial charge in [0.05, 0.1) is 11.8 Å². The monoisotopic (exact) mass is 286 g/mol. The van der Waals surface area contributed by atoms with Crippen molar-refractivity contribution in [3.05, 3.63) is 11.3 Å². The number of rotatable bonds is 4. The number of sulfonamides is 1. The molecular formula is C12H22N4O2S. The largest absolute Gasteiger partial charge is 0.332 e. The highest BCUT2D eigenvalue weighted by Gasteiger charge is 2.34. The molecule has 6 nitrogen and oxygen atoms in total. The molecule has 0 spiro atoms. The molecule has 0 radical (unpaired) electrons. The summed E-state index contributed by atoms with van der Waals surface area (Å²) in [6, 6.07) is 0.0996. The number of nitrogens with two attached hydrogens (primary N) is 1. The Bertz CT molecular complexity index is 524. The Balaban J connectivity index is 2.13. The molecule has 0 aromatic carbocycles. The van der Waals surface area contributed by atoms with E-state index in [-0.39, 0.29) is 24.4 Å². The van der Waals surface area contributed by atoms with Crippen LogP contribution < -0.4 is 10.5 Å². The summed E-state index contributed by atoms with van der Waals surface area (Å²) in [7, 11) is -3.27. The first-order chi connectivity index (χ1) is 8.84. The average Bonchev–Trinajstić information content (AvgIpc) is 2.69. The predicted octanol–water partition coefficient (Wildman–Crippen LogP) is 0.0333. The van der Waals surface area contributed by atoms with Gasteiger partial charge in [0, 0.05) is 31.2 Å². The van der Waals surface area contributed by atoms with Crippen LogP contribution in [0.5, 0.6) is 0 Å². The molecular weight excluding hydrogens is 264 g/mol. The fraction of sp³-hybridized carbons (Fsp3) is 0.750. The lowest BCUT2D eigenvalue weighted by Gasteiger charge is -2.28. The highest BCUT2D eigenvalue weighted by molar-refractivity contribution is 7.89. The van der Waals surface area contributed by atoms with Gasteiger partial charge in [-0.05, 0) is 26.3 Å². The number of hydrogen-bond acceptors (Lipinski definition) is 5. The average molecular weight is 286 g/mol. The van der Waals surface area contributed by atoms with E-state index in [9.17, 15) is 8.42 Å². The topological polar surface area (TPSA) is 87.8 Å². The van der Waals surface area contributed by atoms with Crippen molar-refractivity contribution in [2.24, 2.45) is 10.7 Å². The SMILES string of the molecule is CC1=NC(C)C(C)=C2CC(NS(=O)(=O)CCN)CN12. The van der Waals surface area contributed by atoms with Crippen LogP contribution in [0, 0.1) is 0 Å². The maximum atomic E-state index is 11.8. The van der Waals surface area contributed by atoms with E-state index in [1.165, 1.54) is 11.3 Å². The van der Waals surface area contributed by atoms with Crippen LogP contribution in [0.3, 0.4) is 0 Å². The van der Waals surface area contributed by atoms with Crippen molar-refractivity contribution >= 4 is 15.9 Å². The molecule has 0 aromatic rings. The van der Waals surface area contributed by atoms with Gasteiger partial charge in [0.25, 0.3) is 0 Å². The van der Waals surface area contributed by atoms with Crippen molar-refractivity contribution in [3.8, 4) is 0 Å². The molecule has 0 amide bonds. The molecule has 1 saturated heterocycles. The lowest BCUT2D eigenvalue weighted by Crippen LogP contribution is -2.40. The van der Waals surface area contributed by atoms with Gasteiger partial charge < -0.3 is 10.6 Å². The summed E-state index contributed by atoms with van der Waals surface area (Å²) in [6.45, 7) is 6.90. The number of fused-ring (bicyclic) bond motifs is 1. The number of hydrogen-bond donors (Lipinski definition) is 2. The van der Waals surface area contributed by atoms with E-state index in [1.54, 1.807) is 0 Å². The smallest absolute Gasteiger partial charge is 0.213 e. The summed E-state index contributed by atoms with van der Waals surface area (Å²) in [6.07, 6.45) is 0.729. The fourth-order valence-electron chi connectivity index (χ4n) is 2.67. The van der Waals surface area contributed by atoms with Crippen molar-refractivity contribution in [2.75, 3.05) is 18.8 Å². The van der Waals surface area contributed by atoms with Crippen molar-refractivity contribution in [2.45, 2.75) is 39.3 Å². The van der Waals surface area contributed by atoms with Gasteiger partial charge in [-0.2, -0.15) is 0 Å². The summed E-state index contributed by atoms with van der Waals surface area (Å²) in [5.41, 5.74) is 7.75. The van der Waals surface area contributed by atoms with Gasteiger partial charge in [-0.3, -0.25) is 4.99 Å². The van der Waals surface area contributed by atoms with Crippen LogP contribution in [0.15, 0.2) is 16.3 Å². The number of amidine groups is 1. The molecule has 2 rings (SSSR count). The summed E-state index contributed by atoms with van der Waals surface area (Å²) < 4.78 is 26.3. The summed E-state index contributed by atoms with van der Waals surface area (Å²) in [5.74, 6) is 0.944. The second-order valence-electron chi connectivity index (χ2n) is 5.22. The van der Waals surface area contributed by atoms with Crippen molar-refractivity contribution in [1.82, 2.24) is 9.62 Å². The van der Waals surface area contributed by atoms with Crippen LogP contribution in [0.4, 0.5) is 0 Å². The van der Waals surface area contributed by atoms with Crippen molar-refractivity contribution in [3.63, 3.8) is 0 Å². The first kappa shape index (κ1) is 14.5. The van der Waals surface area contributed by atoms with E-state index in [4.69, 9.17) is 5.73 Å². The second-order valence-corrected chi connectivity index (χ2v) is 7.09. The molecule has 1 fully saturated rings. The standard InChI is InChI=1S/C12H22N4O2S/c1-8-9(2)14-10(3)16-7-11(6-12(8)16)15-19(17,18)5-4-13/h9,11,15H,4-7,13H2,1-3H3. The molecule has 3 N–H and O–H groups in total. The Morgan fingerprint density at radius 1 is 1.47 bits per heavy atom. The van der Waals surface area contributed by atoms with Gasteiger partial charge >= 0.3 is 0 Å². The van der Waals surface area contributed by atoms with Crippen LogP contribution in [0.1, 0.15) is 27.2 Å². The molecule has 19 heavy (non-hydrogen) atoms. The second kappa shape index (κ2) is 5.22. The summed E-state index contributed by atoms with van der Waals surface area (Å²) in [4.78, 5) is 6.68. The molecule has 2 heterocycles. The molecule has 7 heteroatoms. The van der Waals surface area contributed by atoms with E-state index in [1.807, 2.05) is 6.92 Å². The third kappa shape index (κ3) is 2.98. The normalized spacial score (nSPS) is 27.6. The molecule has 2 aliphatic heterocycles. The number of nitrogens with zero attached hydrogens (tertiary/aromatic N) is 2. The van der Waals surface area contributed by atoms with Crippen molar-refractivity contribution in [1.29, 1.82) is 0 Å². The minimum Gasteiger partial charge on any atom is -0.332 e. The summed E-state index contributed by atoms with van der Waals surface area (Å²) >= 11 is 0. The zero-order valence-corrected chi connectivity index (χ0v) is 12.5. The zero-order valence-electron chi connectivity index (χ0n) is 11.7. The maximum absolute atomic E-state index is 11.8. The quantitative estimate of drug-likeness (QED) is 0.763. The number of nitrogens with one attached hydrogen (secondary N) is 1. The molecule has 108 valence electrons. The predicted molar refractivity (Wildman–Crippen MR) is 76.4 cm³/mol. The van der Waals surface area contributed by atoms with E-state index in [0.29, 0.717) is 6.54 Å². The Hall–Kier alpha value is -0.920. The number of aliphatic imine (C=N–C) groups is 1. The van der Waals surface area contributed by atoms with Gasteiger partial charge in [-0.25, -0.2) is 13.1 Å². The molecule has 0 bridgehead atoms. The molecule has 2 aliphatic rings. The van der Waals surface area contributed by atoms with E-state index < -0.39 is 10.0 Å². The van der Waals surface area contributed by atoms with E-state index in [0.717, 1.165) is 12.3 Å². The lowest BCUT2D eigenvalue weighted by molar-refractivity contribution is 0.509. The third-order valence-electron chi connectivity index (χ3n) is 3.75. The Labute approximate surface area is 114 Å². The summed E-state index contributed by atoms with van der Waals surface area (Å²) in [5, 5.41) is 0. The molecule has 0 aliphatic carbocycles. The van der Waals surface area contributed by atoms with Crippen molar-refractivity contribution < 1.29 is 8.42 Å². The van der Waals surface area contributed by atoms with Crippen LogP contribution in [-0.4, -0.2) is 50.1 Å². The minimum absolute atomic E-state index is 0.0228. The fourth-order valence-corrected chi connectivity index (χ4v) is 3.77.